The van der Waals surface area contributed by atoms with E-state index in [-0.39, 0.29) is 11.0 Å². The van der Waals surface area contributed by atoms with Gasteiger partial charge in [0.1, 0.15) is 5.75 Å². The third-order valence-corrected chi connectivity index (χ3v) is 5.04. The molecule has 4 aromatic rings. The third-order valence-electron chi connectivity index (χ3n) is 4.54. The zero-order valence-electron chi connectivity index (χ0n) is 16.6. The van der Waals surface area contributed by atoms with Gasteiger partial charge in [0.05, 0.1) is 12.1 Å². The van der Waals surface area contributed by atoms with E-state index in [0.29, 0.717) is 39.1 Å². The molecule has 4 rings (SSSR count). The lowest BCUT2D eigenvalue weighted by molar-refractivity contribution is 0.0977. The van der Waals surface area contributed by atoms with E-state index in [2.05, 4.69) is 20.6 Å². The largest absolute Gasteiger partial charge is 0.495 e. The topological polar surface area (TPSA) is 89.3 Å². The fourth-order valence-electron chi connectivity index (χ4n) is 2.92. The van der Waals surface area contributed by atoms with E-state index in [4.69, 9.17) is 33.0 Å². The van der Waals surface area contributed by atoms with Crippen LogP contribution in [0.15, 0.2) is 59.1 Å². The van der Waals surface area contributed by atoms with Gasteiger partial charge in [0.25, 0.3) is 5.91 Å². The van der Waals surface area contributed by atoms with Crippen molar-refractivity contribution in [1.29, 1.82) is 0 Å². The van der Waals surface area contributed by atoms with Gasteiger partial charge in [-0.25, -0.2) is 4.98 Å². The number of carbonyl (C=O) groups is 1. The van der Waals surface area contributed by atoms with Crippen LogP contribution in [0.1, 0.15) is 15.9 Å². The molecule has 2 heterocycles. The van der Waals surface area contributed by atoms with Crippen LogP contribution >= 0.6 is 23.8 Å². The van der Waals surface area contributed by atoms with Gasteiger partial charge < -0.3 is 14.5 Å². The maximum Gasteiger partial charge on any atom is 0.257 e. The van der Waals surface area contributed by atoms with Gasteiger partial charge >= 0.3 is 0 Å². The maximum absolute atomic E-state index is 12.5. The summed E-state index contributed by atoms with van der Waals surface area (Å²) in [7, 11) is 1.51. The molecule has 0 aliphatic heterocycles. The number of nitrogens with one attached hydrogen (secondary N) is 2. The van der Waals surface area contributed by atoms with Crippen molar-refractivity contribution in [2.24, 2.45) is 0 Å². The van der Waals surface area contributed by atoms with Crippen molar-refractivity contribution in [3.63, 3.8) is 0 Å². The summed E-state index contributed by atoms with van der Waals surface area (Å²) in [5, 5.41) is 6.19. The van der Waals surface area contributed by atoms with E-state index < -0.39 is 0 Å². The van der Waals surface area contributed by atoms with Crippen molar-refractivity contribution in [3.8, 4) is 17.2 Å². The van der Waals surface area contributed by atoms with E-state index in [9.17, 15) is 4.79 Å². The fraction of sp³-hybridized carbons (Fsp3) is 0.0909. The van der Waals surface area contributed by atoms with Crippen molar-refractivity contribution in [3.05, 3.63) is 70.9 Å². The summed E-state index contributed by atoms with van der Waals surface area (Å²) in [6, 6.07) is 14.0. The Kier molecular flexibility index (Phi) is 5.83. The summed E-state index contributed by atoms with van der Waals surface area (Å²) in [4.78, 5) is 21.1. The van der Waals surface area contributed by atoms with Crippen molar-refractivity contribution < 1.29 is 13.9 Å². The Hall–Kier alpha value is -3.49. The van der Waals surface area contributed by atoms with Gasteiger partial charge in [0, 0.05) is 23.0 Å². The lowest BCUT2D eigenvalue weighted by Crippen LogP contribution is -2.34. The number of hydrogen-bond acceptors (Lipinski definition) is 6. The molecule has 0 saturated carbocycles. The van der Waals surface area contributed by atoms with Gasteiger partial charge in [-0.15, -0.1) is 0 Å². The van der Waals surface area contributed by atoms with Crippen LogP contribution in [0.2, 0.25) is 5.02 Å². The molecule has 2 N–H and O–H groups in total. The summed E-state index contributed by atoms with van der Waals surface area (Å²) in [6.45, 7) is 1.92. The number of benzene rings is 2. The van der Waals surface area contributed by atoms with Gasteiger partial charge in [0.2, 0.25) is 5.89 Å². The summed E-state index contributed by atoms with van der Waals surface area (Å²) >= 11 is 11.4. The average molecular weight is 453 g/mol. The number of rotatable bonds is 4. The van der Waals surface area contributed by atoms with Crippen LogP contribution < -0.4 is 15.4 Å². The second-order valence-electron chi connectivity index (χ2n) is 6.63. The number of methoxy groups -OCH3 is 1. The van der Waals surface area contributed by atoms with Crippen LogP contribution in [0.4, 0.5) is 5.69 Å². The molecule has 0 bridgehead atoms. The predicted molar refractivity (Wildman–Crippen MR) is 124 cm³/mol. The van der Waals surface area contributed by atoms with E-state index in [1.807, 2.05) is 31.2 Å². The number of thiocarbonyl (C=S) groups is 1. The van der Waals surface area contributed by atoms with Crippen LogP contribution in [0.5, 0.6) is 5.75 Å². The Balaban J connectivity index is 1.50. The number of carbonyl (C=O) groups excluding carboxylic acids is 1. The van der Waals surface area contributed by atoms with Crippen LogP contribution in [-0.2, 0) is 0 Å². The molecular weight excluding hydrogens is 436 g/mol. The molecule has 0 atom stereocenters. The molecule has 7 nitrogen and oxygen atoms in total. The molecule has 0 radical (unpaired) electrons. The molecule has 2 aromatic heterocycles. The van der Waals surface area contributed by atoms with Gasteiger partial charge in [-0.1, -0.05) is 17.7 Å². The van der Waals surface area contributed by atoms with Crippen LogP contribution in [0, 0.1) is 6.92 Å². The smallest absolute Gasteiger partial charge is 0.257 e. The fourth-order valence-corrected chi connectivity index (χ4v) is 3.38. The molecule has 0 aliphatic carbocycles. The van der Waals surface area contributed by atoms with E-state index in [0.717, 1.165) is 11.1 Å². The normalized spacial score (nSPS) is 10.7. The number of fused-ring (bicyclic) bond motifs is 1. The van der Waals surface area contributed by atoms with Crippen LogP contribution in [-0.4, -0.2) is 28.1 Å². The van der Waals surface area contributed by atoms with E-state index in [1.54, 1.807) is 24.4 Å². The standard InChI is InChI=1S/C22H17ClN4O3S/c1-12-5-6-14(21-26-19-18(30-21)4-3-9-24-19)11-16(12)25-22(31)27-20(28)13-7-8-17(29-2)15(23)10-13/h3-11H,1-2H3,(H2,25,27,28,31). The van der Waals surface area contributed by atoms with Crippen molar-refractivity contribution in [2.75, 3.05) is 12.4 Å². The summed E-state index contributed by atoms with van der Waals surface area (Å²) < 4.78 is 10.9. The van der Waals surface area contributed by atoms with Gasteiger partial charge in [-0.05, 0) is 67.2 Å². The molecule has 0 aliphatic rings. The number of oxazole rings is 1. The molecule has 0 fully saturated rings. The number of hydrogen-bond donors (Lipinski definition) is 2. The quantitative estimate of drug-likeness (QED) is 0.422. The first-order valence-electron chi connectivity index (χ1n) is 9.23. The van der Waals surface area contributed by atoms with Gasteiger partial charge in [0.15, 0.2) is 16.3 Å². The van der Waals surface area contributed by atoms with Gasteiger partial charge in [-0.3, -0.25) is 10.1 Å². The summed E-state index contributed by atoms with van der Waals surface area (Å²) in [5.74, 6) is 0.543. The highest BCUT2D eigenvalue weighted by Crippen LogP contribution is 2.28. The maximum atomic E-state index is 12.5. The molecule has 0 unspecified atom stereocenters. The minimum atomic E-state index is -0.388. The Morgan fingerprint density at radius 3 is 2.77 bits per heavy atom. The number of amides is 1. The third kappa shape index (κ3) is 4.50. The van der Waals surface area contributed by atoms with Crippen molar-refractivity contribution in [2.45, 2.75) is 6.92 Å². The number of anilines is 1. The highest BCUT2D eigenvalue weighted by atomic mass is 35.5. The molecular formula is C22H17ClN4O3S. The zero-order chi connectivity index (χ0) is 22.0. The lowest BCUT2D eigenvalue weighted by atomic mass is 10.1. The Morgan fingerprint density at radius 1 is 1.19 bits per heavy atom. The van der Waals surface area contributed by atoms with Gasteiger partial charge in [-0.2, -0.15) is 4.98 Å². The molecule has 9 heteroatoms. The number of aromatic nitrogens is 2. The number of halogens is 1. The molecule has 0 saturated heterocycles. The van der Waals surface area contributed by atoms with E-state index >= 15 is 0 Å². The summed E-state index contributed by atoms with van der Waals surface area (Å²) in [5.41, 5.74) is 3.90. The first-order chi connectivity index (χ1) is 14.9. The lowest BCUT2D eigenvalue weighted by Gasteiger charge is -2.13. The molecule has 2 aromatic carbocycles. The first kappa shape index (κ1) is 20.8. The zero-order valence-corrected chi connectivity index (χ0v) is 18.2. The second-order valence-corrected chi connectivity index (χ2v) is 7.45. The summed E-state index contributed by atoms with van der Waals surface area (Å²) in [6.07, 6.45) is 1.66. The first-order valence-corrected chi connectivity index (χ1v) is 10.0. The van der Waals surface area contributed by atoms with E-state index in [1.165, 1.54) is 13.2 Å². The predicted octanol–water partition coefficient (Wildman–Crippen LogP) is 4.99. The molecule has 156 valence electrons. The Bertz CT molecular complexity index is 1270. The number of pyridine rings is 1. The monoisotopic (exact) mass is 452 g/mol. The Labute approximate surface area is 188 Å². The number of aryl methyl sites for hydroxylation is 1. The molecule has 0 spiro atoms. The second kappa shape index (κ2) is 8.71. The molecule has 1 amide bonds. The number of ether oxygens (including phenoxy) is 1. The highest BCUT2D eigenvalue weighted by molar-refractivity contribution is 7.80. The van der Waals surface area contributed by atoms with Crippen LogP contribution in [0.3, 0.4) is 0 Å². The minimum Gasteiger partial charge on any atom is -0.495 e. The average Bonchev–Trinajstić information content (AvgIpc) is 3.19. The Morgan fingerprint density at radius 2 is 2.03 bits per heavy atom. The van der Waals surface area contributed by atoms with Crippen molar-refractivity contribution in [1.82, 2.24) is 15.3 Å². The minimum absolute atomic E-state index is 0.149. The SMILES string of the molecule is COc1ccc(C(=O)NC(=S)Nc2cc(-c3nc4ncccc4o3)ccc2C)cc1Cl. The van der Waals surface area contributed by atoms with Crippen LogP contribution in [0.25, 0.3) is 22.7 Å². The highest BCUT2D eigenvalue weighted by Gasteiger charge is 2.14. The molecule has 31 heavy (non-hydrogen) atoms. The van der Waals surface area contributed by atoms with Crippen molar-refractivity contribution >= 4 is 51.8 Å². The number of nitrogens with zero attached hydrogens (tertiary/aromatic N) is 2.